The van der Waals surface area contributed by atoms with E-state index < -0.39 is 76.5 Å². The molecule has 0 N–H and O–H groups in total. The number of rotatable bonds is 13. The Kier molecular flexibility index (Phi) is 19.9. The first-order valence-corrected chi connectivity index (χ1v) is 48.2. The third-order valence-electron chi connectivity index (χ3n) is 26.2. The largest absolute Gasteiger partial charge is 0.310 e. The van der Waals surface area contributed by atoms with E-state index in [1.165, 1.54) is 0 Å². The van der Waals surface area contributed by atoms with Crippen molar-refractivity contribution in [2.75, 3.05) is 9.80 Å². The Morgan fingerprint density at radius 1 is 0.227 bits per heavy atom. The molecule has 0 bridgehead atoms. The Balaban J connectivity index is 1.13. The number of nitrogens with zero attached hydrogens (tertiary/aromatic N) is 4. The summed E-state index contributed by atoms with van der Waals surface area (Å²) in [6.45, 7) is 70.0. The van der Waals surface area contributed by atoms with Crippen LogP contribution in [-0.4, -0.2) is 15.8 Å². The summed E-state index contributed by atoms with van der Waals surface area (Å²) in [6, 6.07) is 88.8. The summed E-state index contributed by atoms with van der Waals surface area (Å²) in [5.41, 5.74) is 24.0. The van der Waals surface area contributed by atoms with Crippen molar-refractivity contribution in [3.05, 3.63) is 304 Å². The smallest absolute Gasteiger partial charge is 0.252 e. The molecular formula is C127H149BN4. The molecule has 0 fully saturated rings. The van der Waals surface area contributed by atoms with E-state index in [1.54, 1.807) is 0 Å². The Bertz CT molecular complexity index is 6840. The molecule has 0 radical (unpaired) electrons. The maximum Gasteiger partial charge on any atom is 0.252 e. The van der Waals surface area contributed by atoms with E-state index in [4.69, 9.17) is 0 Å². The first-order chi connectivity index (χ1) is 65.2. The molecule has 0 saturated heterocycles. The Labute approximate surface area is 808 Å². The summed E-state index contributed by atoms with van der Waals surface area (Å²) < 4.78 is 107. The molecule has 0 unspecified atom stereocenters. The molecule has 4 heterocycles. The zero-order chi connectivity index (χ0) is 104. The van der Waals surface area contributed by atoms with Crippen LogP contribution < -0.4 is 26.2 Å². The first-order valence-electron chi connectivity index (χ1n) is 53.2. The summed E-state index contributed by atoms with van der Waals surface area (Å²) in [7, 11) is 0. The van der Waals surface area contributed by atoms with Crippen molar-refractivity contribution >= 4 is 101 Å². The highest BCUT2D eigenvalue weighted by molar-refractivity contribution is 7.00. The maximum atomic E-state index is 11.4. The minimum absolute atomic E-state index is 0.286. The van der Waals surface area contributed by atoms with Crippen LogP contribution in [0.1, 0.15) is 303 Å². The molecule has 2 aliphatic heterocycles. The molecule has 0 atom stereocenters. The SMILES string of the molecule is [2H]C([2H])(c1cc2c3c(c1)N(c1c(-c4cccc(C(C)(C)C)c4)cc(C(C)(C)C)cc1-c1cccc(C(C)(C)C)c1)c1cc(-n4c5ccc(C([2H])([2H])C(C)(C)C)cc5c5cc(C([2H])([2H])C(C)(C)C)ccc54)ccc1B3c1ccc(-n3c4ccc(C([2H])([2H])C(C)(C)C)cc4c4cc(C([2H])([2H])C(C)(C)C)ccc43)cc1N2c1c(-c2cccc(C(C)(C)C)c2)cc(C(C)(C)C)cc1-c1cccc(C(C)(C)C)c1)C(C)(C)C. The molecule has 4 nitrogen and oxygen atoms in total. The highest BCUT2D eigenvalue weighted by Gasteiger charge is 2.47. The molecule has 13 aromatic carbocycles. The first kappa shape index (κ1) is 80.7. The molecule has 2 aromatic heterocycles. The number of hydrogen-bond acceptors (Lipinski definition) is 2. The lowest BCUT2D eigenvalue weighted by molar-refractivity contribution is 0.411. The van der Waals surface area contributed by atoms with Crippen molar-refractivity contribution in [3.8, 4) is 55.9 Å². The predicted molar refractivity (Wildman–Crippen MR) is 579 cm³/mol. The minimum atomic E-state index is -2.08. The maximum absolute atomic E-state index is 11.4. The molecule has 17 rings (SSSR count). The number of benzene rings is 13. The van der Waals surface area contributed by atoms with Crippen LogP contribution in [-0.2, 0) is 64.4 Å². The fourth-order valence-corrected chi connectivity index (χ4v) is 20.0. The third kappa shape index (κ3) is 18.5. The zero-order valence-electron chi connectivity index (χ0n) is 95.5. The molecule has 132 heavy (non-hydrogen) atoms. The molecule has 15 aromatic rings. The van der Waals surface area contributed by atoms with Crippen molar-refractivity contribution < 1.29 is 13.7 Å². The van der Waals surface area contributed by atoms with Crippen LogP contribution in [0.3, 0.4) is 0 Å². The summed E-state index contributed by atoms with van der Waals surface area (Å²) in [4.78, 5) is 5.10. The van der Waals surface area contributed by atoms with Gasteiger partial charge in [-0.2, -0.15) is 0 Å². The third-order valence-corrected chi connectivity index (χ3v) is 26.2. The van der Waals surface area contributed by atoms with Crippen molar-refractivity contribution in [3.63, 3.8) is 0 Å². The van der Waals surface area contributed by atoms with Gasteiger partial charge in [0.2, 0.25) is 0 Å². The van der Waals surface area contributed by atoms with Gasteiger partial charge in [-0.25, -0.2) is 0 Å². The standard InChI is InChI=1S/C127H149BN4/c1-117(2,3)74-79-46-54-106-100(58-79)101-59-80(75-118(4,5)6)47-55-107(101)129(106)94-50-52-104-110(72-94)131(115-96(84-38-34-42-88(64-84)122(16,17)18)68-92(126(28,29)30)69-97(115)85-39-35-43-89(65-85)123(19,20)21)112-62-83(78-121(13,14)15)63-113-114(112)128(104)105-53-51-95(130-108-56-48-81(76-119(7,8)9)60-102(108)103-61-82(49-57-109(103)130)77-120(10,11)12)73-111(105)132(113)116-98(86-40-36-44-90(66-86)124(22,23)24)70-93(127(31,32)33)71-99(116)87-41-37-45-91(67-87)125(25,26)27/h34-73H,74-78H2,1-33H3/i74D2,75D2,76D2,77D2,78D2. The van der Waals surface area contributed by atoms with E-state index in [1.807, 2.05) is 152 Å². The fraction of sp³-hybridized carbons (Fsp3) is 0.386. The van der Waals surface area contributed by atoms with E-state index in [9.17, 15) is 13.7 Å². The van der Waals surface area contributed by atoms with Gasteiger partial charge in [-0.1, -0.05) is 362 Å². The second-order valence-electron chi connectivity index (χ2n) is 49.7. The van der Waals surface area contributed by atoms with Gasteiger partial charge in [0, 0.05) is 91.6 Å². The quantitative estimate of drug-likeness (QED) is 0.107. The topological polar surface area (TPSA) is 16.3 Å². The number of fused-ring (bicyclic) bond motifs is 10. The molecule has 0 aliphatic carbocycles. The van der Waals surface area contributed by atoms with Gasteiger partial charge in [0.25, 0.3) is 6.71 Å². The van der Waals surface area contributed by atoms with Crippen molar-refractivity contribution in [1.29, 1.82) is 0 Å². The number of hydrogen-bond donors (Lipinski definition) is 0. The van der Waals surface area contributed by atoms with Crippen LogP contribution in [0.25, 0.3) is 99.5 Å². The average Bonchev–Trinajstić information content (AvgIpc) is 0.762. The summed E-state index contributed by atoms with van der Waals surface area (Å²) >= 11 is 0. The van der Waals surface area contributed by atoms with Gasteiger partial charge in [0.1, 0.15) is 0 Å². The lowest BCUT2D eigenvalue weighted by Gasteiger charge is -2.46. The lowest BCUT2D eigenvalue weighted by Crippen LogP contribution is -2.61. The predicted octanol–water partition coefficient (Wildman–Crippen LogP) is 34.4. The fourth-order valence-electron chi connectivity index (χ4n) is 20.0. The summed E-state index contributed by atoms with van der Waals surface area (Å²) in [6.07, 6.45) is -9.26. The minimum Gasteiger partial charge on any atom is -0.310 e. The second kappa shape index (κ2) is 32.5. The van der Waals surface area contributed by atoms with Crippen LogP contribution in [0.15, 0.2) is 243 Å². The molecule has 5 heteroatoms. The highest BCUT2D eigenvalue weighted by atomic mass is 15.2. The van der Waals surface area contributed by atoms with Crippen LogP contribution >= 0.6 is 0 Å². The van der Waals surface area contributed by atoms with Crippen LogP contribution in [0.4, 0.5) is 34.1 Å². The van der Waals surface area contributed by atoms with Crippen molar-refractivity contribution in [2.45, 2.75) is 293 Å². The van der Waals surface area contributed by atoms with Gasteiger partial charge in [0.05, 0.1) is 33.4 Å². The van der Waals surface area contributed by atoms with Gasteiger partial charge in [-0.3, -0.25) is 0 Å². The van der Waals surface area contributed by atoms with Gasteiger partial charge in [-0.15, -0.1) is 0 Å². The number of aromatic nitrogens is 2. The van der Waals surface area contributed by atoms with E-state index >= 15 is 0 Å². The van der Waals surface area contributed by atoms with Gasteiger partial charge in [-0.05, 0) is 300 Å². The molecule has 0 amide bonds. The van der Waals surface area contributed by atoms with E-state index in [0.717, 1.165) is 183 Å². The molecule has 2 aliphatic rings. The van der Waals surface area contributed by atoms with Crippen molar-refractivity contribution in [1.82, 2.24) is 9.13 Å². The van der Waals surface area contributed by atoms with E-state index in [-0.39, 0.29) is 21.7 Å². The van der Waals surface area contributed by atoms with Crippen LogP contribution in [0.2, 0.25) is 0 Å². The molecule has 0 spiro atoms. The van der Waals surface area contributed by atoms with Crippen LogP contribution in [0, 0.1) is 27.1 Å². The molecule has 0 saturated carbocycles. The highest BCUT2D eigenvalue weighted by Crippen LogP contribution is 2.57. The number of anilines is 6. The molecule has 680 valence electrons. The Hall–Kier alpha value is -10.9. The Morgan fingerprint density at radius 2 is 0.470 bits per heavy atom. The zero-order valence-corrected chi connectivity index (χ0v) is 85.5. The second-order valence-corrected chi connectivity index (χ2v) is 49.7. The van der Waals surface area contributed by atoms with E-state index in [0.29, 0.717) is 27.8 Å². The Morgan fingerprint density at radius 3 is 0.705 bits per heavy atom. The van der Waals surface area contributed by atoms with Gasteiger partial charge < -0.3 is 18.9 Å². The average molecular weight is 1750 g/mol. The lowest BCUT2D eigenvalue weighted by atomic mass is 9.33. The van der Waals surface area contributed by atoms with E-state index in [2.05, 4.69) is 338 Å². The summed E-state index contributed by atoms with van der Waals surface area (Å²) in [5.74, 6) is 0. The van der Waals surface area contributed by atoms with Gasteiger partial charge in [0.15, 0.2) is 0 Å². The van der Waals surface area contributed by atoms with Crippen LogP contribution in [0.5, 0.6) is 0 Å². The monoisotopic (exact) mass is 1750 g/mol. The normalized spacial score (nSPS) is 15.6. The summed E-state index contributed by atoms with van der Waals surface area (Å²) in [5, 5.41) is 3.14. The van der Waals surface area contributed by atoms with Crippen molar-refractivity contribution in [2.24, 2.45) is 27.1 Å². The molecular weight excluding hydrogens is 1590 g/mol. The van der Waals surface area contributed by atoms with Gasteiger partial charge >= 0.3 is 0 Å².